The topological polar surface area (TPSA) is 70.7 Å². The van der Waals surface area contributed by atoms with Crippen molar-refractivity contribution in [2.24, 2.45) is 5.92 Å². The third-order valence-corrected chi connectivity index (χ3v) is 5.79. The third-order valence-electron chi connectivity index (χ3n) is 5.59. The van der Waals surface area contributed by atoms with Gasteiger partial charge in [0.1, 0.15) is 0 Å². The smallest absolute Gasteiger partial charge is 0.338 e. The Kier molecular flexibility index (Phi) is 7.77. The van der Waals surface area contributed by atoms with Gasteiger partial charge < -0.3 is 10.1 Å². The number of piperidine rings is 2. The van der Waals surface area contributed by atoms with Crippen molar-refractivity contribution in [3.63, 3.8) is 0 Å². The quantitative estimate of drug-likeness (QED) is 0.436. The van der Waals surface area contributed by atoms with Crippen molar-refractivity contribution < 1.29 is 14.3 Å². The highest BCUT2D eigenvalue weighted by Gasteiger charge is 2.33. The fraction of sp³-hybridized carbons (Fsp3) is 0.500. The molecule has 0 spiro atoms. The molecule has 2 saturated heterocycles. The van der Waals surface area contributed by atoms with Gasteiger partial charge in [-0.25, -0.2) is 4.79 Å². The molecule has 2 aliphatic heterocycles. The van der Waals surface area contributed by atoms with E-state index in [2.05, 4.69) is 15.5 Å². The number of rotatable bonds is 5. The number of carbonyl (C=O) groups excluding carboxylic acids is 2. The molecule has 2 atom stereocenters. The number of nitrogens with zero attached hydrogens (tertiary/aromatic N) is 1. The number of amides is 1. The number of allylic oxidation sites excluding steroid dienone is 1. The highest BCUT2D eigenvalue weighted by molar-refractivity contribution is 7.80. The molecule has 2 fully saturated rings. The number of carbonyl (C=O) groups is 2. The van der Waals surface area contributed by atoms with E-state index < -0.39 is 0 Å². The van der Waals surface area contributed by atoms with Gasteiger partial charge in [-0.3, -0.25) is 15.0 Å². The van der Waals surface area contributed by atoms with Gasteiger partial charge in [0.25, 0.3) is 0 Å². The molecule has 1 aromatic rings. The summed E-state index contributed by atoms with van der Waals surface area (Å²) in [5, 5.41) is 5.67. The first-order valence-corrected chi connectivity index (χ1v) is 10.7. The SMILES string of the molecule is CC=CC(=O)NC(=S)Nc1ccc(C(=O)OCC2CCCN3CCCCC23)cc1. The second-order valence-electron chi connectivity index (χ2n) is 7.62. The zero-order chi connectivity index (χ0) is 20.6. The summed E-state index contributed by atoms with van der Waals surface area (Å²) >= 11 is 5.10. The summed E-state index contributed by atoms with van der Waals surface area (Å²) < 4.78 is 5.64. The Labute approximate surface area is 177 Å². The van der Waals surface area contributed by atoms with Crippen molar-refractivity contribution in [2.45, 2.75) is 45.1 Å². The van der Waals surface area contributed by atoms with Crippen LogP contribution in [0.15, 0.2) is 36.4 Å². The number of esters is 1. The average Bonchev–Trinajstić information content (AvgIpc) is 2.72. The lowest BCUT2D eigenvalue weighted by Crippen LogP contribution is -2.49. The summed E-state index contributed by atoms with van der Waals surface area (Å²) in [6, 6.07) is 7.46. The van der Waals surface area contributed by atoms with Gasteiger partial charge in [0.2, 0.25) is 5.91 Å². The van der Waals surface area contributed by atoms with E-state index in [0.717, 1.165) is 6.42 Å². The molecule has 0 saturated carbocycles. The molecular weight excluding hydrogens is 386 g/mol. The van der Waals surface area contributed by atoms with Gasteiger partial charge in [-0.05, 0) is 88.3 Å². The van der Waals surface area contributed by atoms with Gasteiger partial charge in [-0.2, -0.15) is 0 Å². The van der Waals surface area contributed by atoms with Crippen LogP contribution in [0.25, 0.3) is 0 Å². The highest BCUT2D eigenvalue weighted by Crippen LogP contribution is 2.31. The van der Waals surface area contributed by atoms with Crippen LogP contribution in [-0.4, -0.2) is 47.6 Å². The fourth-order valence-corrected chi connectivity index (χ4v) is 4.41. The number of nitrogens with one attached hydrogen (secondary N) is 2. The van der Waals surface area contributed by atoms with E-state index in [4.69, 9.17) is 17.0 Å². The number of fused-ring (bicyclic) bond motifs is 1. The Bertz CT molecular complexity index is 761. The normalized spacial score (nSPS) is 22.0. The molecule has 0 aliphatic carbocycles. The van der Waals surface area contributed by atoms with Crippen molar-refractivity contribution in [1.82, 2.24) is 10.2 Å². The van der Waals surface area contributed by atoms with E-state index in [-0.39, 0.29) is 17.0 Å². The Morgan fingerprint density at radius 2 is 1.93 bits per heavy atom. The summed E-state index contributed by atoms with van der Waals surface area (Å²) in [5.74, 6) is -0.148. The van der Waals surface area contributed by atoms with Crippen molar-refractivity contribution in [1.29, 1.82) is 0 Å². The van der Waals surface area contributed by atoms with Crippen LogP contribution in [0, 0.1) is 5.92 Å². The molecule has 0 bridgehead atoms. The molecule has 0 radical (unpaired) electrons. The lowest BCUT2D eigenvalue weighted by molar-refractivity contribution is -0.115. The highest BCUT2D eigenvalue weighted by atomic mass is 32.1. The summed E-state index contributed by atoms with van der Waals surface area (Å²) in [6.07, 6.45) is 9.12. The lowest BCUT2D eigenvalue weighted by Gasteiger charge is -2.44. The largest absolute Gasteiger partial charge is 0.462 e. The van der Waals surface area contributed by atoms with E-state index in [1.165, 1.54) is 44.8 Å². The minimum atomic E-state index is -0.298. The summed E-state index contributed by atoms with van der Waals surface area (Å²) in [5.41, 5.74) is 1.20. The Balaban J connectivity index is 1.48. The van der Waals surface area contributed by atoms with Crippen molar-refractivity contribution in [2.75, 3.05) is 25.0 Å². The van der Waals surface area contributed by atoms with E-state index in [1.54, 1.807) is 37.3 Å². The van der Waals surface area contributed by atoms with E-state index in [9.17, 15) is 9.59 Å². The van der Waals surface area contributed by atoms with E-state index in [1.807, 2.05) is 0 Å². The van der Waals surface area contributed by atoms with Gasteiger partial charge in [0.05, 0.1) is 12.2 Å². The molecule has 2 heterocycles. The zero-order valence-electron chi connectivity index (χ0n) is 16.9. The lowest BCUT2D eigenvalue weighted by atomic mass is 9.84. The van der Waals surface area contributed by atoms with Crippen LogP contribution in [0.5, 0.6) is 0 Å². The molecule has 2 N–H and O–H groups in total. The summed E-state index contributed by atoms with van der Waals surface area (Å²) in [6.45, 7) is 4.61. The molecule has 3 rings (SSSR count). The molecule has 1 amide bonds. The van der Waals surface area contributed by atoms with Crippen LogP contribution in [0.4, 0.5) is 5.69 Å². The predicted molar refractivity (Wildman–Crippen MR) is 118 cm³/mol. The maximum atomic E-state index is 12.5. The van der Waals surface area contributed by atoms with Gasteiger partial charge in [0.15, 0.2) is 5.11 Å². The van der Waals surface area contributed by atoms with E-state index in [0.29, 0.717) is 29.8 Å². The molecule has 156 valence electrons. The number of hydrogen-bond donors (Lipinski definition) is 2. The maximum Gasteiger partial charge on any atom is 0.338 e. The molecule has 2 aliphatic rings. The van der Waals surface area contributed by atoms with Gasteiger partial charge in [0, 0.05) is 17.6 Å². The monoisotopic (exact) mass is 415 g/mol. The predicted octanol–water partition coefficient (Wildman–Crippen LogP) is 3.50. The fourth-order valence-electron chi connectivity index (χ4n) is 4.19. The average molecular weight is 416 g/mol. The van der Waals surface area contributed by atoms with Gasteiger partial charge in [-0.15, -0.1) is 0 Å². The molecule has 2 unspecified atom stereocenters. The minimum Gasteiger partial charge on any atom is -0.462 e. The first-order valence-electron chi connectivity index (χ1n) is 10.3. The number of anilines is 1. The minimum absolute atomic E-state index is 0.206. The van der Waals surface area contributed by atoms with Crippen LogP contribution >= 0.6 is 12.2 Å². The zero-order valence-corrected chi connectivity index (χ0v) is 17.7. The molecule has 1 aromatic carbocycles. The Morgan fingerprint density at radius 3 is 2.69 bits per heavy atom. The van der Waals surface area contributed by atoms with Crippen LogP contribution in [-0.2, 0) is 9.53 Å². The second kappa shape index (κ2) is 10.5. The summed E-state index contributed by atoms with van der Waals surface area (Å²) in [7, 11) is 0. The first-order chi connectivity index (χ1) is 14.1. The van der Waals surface area contributed by atoms with E-state index >= 15 is 0 Å². The number of benzene rings is 1. The number of ether oxygens (including phenoxy) is 1. The number of hydrogen-bond acceptors (Lipinski definition) is 5. The maximum absolute atomic E-state index is 12.5. The van der Waals surface area contributed by atoms with Crippen LogP contribution in [0.1, 0.15) is 49.4 Å². The van der Waals surface area contributed by atoms with Crippen LogP contribution in [0.3, 0.4) is 0 Å². The van der Waals surface area contributed by atoms with Gasteiger partial charge >= 0.3 is 5.97 Å². The van der Waals surface area contributed by atoms with Crippen molar-refractivity contribution in [3.8, 4) is 0 Å². The molecule has 0 aromatic heterocycles. The molecule has 6 nitrogen and oxygen atoms in total. The first kappa shape index (κ1) is 21.5. The van der Waals surface area contributed by atoms with Crippen molar-refractivity contribution >= 4 is 34.9 Å². The molecule has 29 heavy (non-hydrogen) atoms. The van der Waals surface area contributed by atoms with Crippen molar-refractivity contribution in [3.05, 3.63) is 42.0 Å². The number of thiocarbonyl (C=S) groups is 1. The third kappa shape index (κ3) is 6.11. The Hall–Kier alpha value is -2.25. The second-order valence-corrected chi connectivity index (χ2v) is 8.03. The molecular formula is C22H29N3O3S. The van der Waals surface area contributed by atoms with Crippen LogP contribution in [0.2, 0.25) is 0 Å². The Morgan fingerprint density at radius 1 is 1.17 bits per heavy atom. The standard InChI is InChI=1S/C22H29N3O3S/c1-2-6-20(26)24-22(29)23-18-11-9-16(10-12-18)21(27)28-15-17-7-5-14-25-13-4-3-8-19(17)25/h2,6,9-12,17,19H,3-5,7-8,13-15H2,1H3,(H2,23,24,26,29). The summed E-state index contributed by atoms with van der Waals surface area (Å²) in [4.78, 5) is 26.5. The van der Waals surface area contributed by atoms with Crippen LogP contribution < -0.4 is 10.6 Å². The molecule has 7 heteroatoms. The van der Waals surface area contributed by atoms with Gasteiger partial charge in [-0.1, -0.05) is 12.5 Å².